The summed E-state index contributed by atoms with van der Waals surface area (Å²) in [6.07, 6.45) is 6.78. The maximum atomic E-state index is 3.39. The van der Waals surface area contributed by atoms with Gasteiger partial charge in [-0.2, -0.15) is 0 Å². The Morgan fingerprint density at radius 2 is 2.00 bits per heavy atom. The molecule has 1 nitrogen and oxygen atoms in total. The minimum Gasteiger partial charge on any atom is -0.317 e. The smallest absolute Gasteiger partial charge is 0.00668 e. The predicted octanol–water partition coefficient (Wildman–Crippen LogP) is 3.01. The van der Waals surface area contributed by atoms with Gasteiger partial charge in [0, 0.05) is 6.04 Å². The van der Waals surface area contributed by atoms with Crippen molar-refractivity contribution >= 4 is 0 Å². The summed E-state index contributed by atoms with van der Waals surface area (Å²) in [7, 11) is 2.09. The van der Waals surface area contributed by atoms with Crippen LogP contribution in [0.3, 0.4) is 0 Å². The van der Waals surface area contributed by atoms with Crippen LogP contribution in [0.25, 0.3) is 0 Å². The molecule has 2 atom stereocenters. The molecule has 0 bridgehead atoms. The van der Waals surface area contributed by atoms with Crippen LogP contribution in [0.15, 0.2) is 30.3 Å². The third kappa shape index (κ3) is 3.07. The van der Waals surface area contributed by atoms with Crippen molar-refractivity contribution in [1.82, 2.24) is 5.32 Å². The van der Waals surface area contributed by atoms with Gasteiger partial charge >= 0.3 is 0 Å². The average Bonchev–Trinajstić information content (AvgIpc) is 2.76. The molecular weight excluding hydrogens is 182 g/mol. The lowest BCUT2D eigenvalue weighted by atomic mass is 9.98. The molecule has 0 spiro atoms. The summed E-state index contributed by atoms with van der Waals surface area (Å²) >= 11 is 0. The maximum absolute atomic E-state index is 3.39. The van der Waals surface area contributed by atoms with E-state index in [-0.39, 0.29) is 0 Å². The van der Waals surface area contributed by atoms with Crippen molar-refractivity contribution < 1.29 is 0 Å². The summed E-state index contributed by atoms with van der Waals surface area (Å²) in [5, 5.41) is 3.39. The van der Waals surface area contributed by atoms with E-state index in [0.717, 1.165) is 12.0 Å². The van der Waals surface area contributed by atoms with Crippen LogP contribution in [0.5, 0.6) is 0 Å². The van der Waals surface area contributed by atoms with E-state index < -0.39 is 0 Å². The third-order valence-corrected chi connectivity index (χ3v) is 3.63. The topological polar surface area (TPSA) is 12.0 Å². The monoisotopic (exact) mass is 203 g/mol. The van der Waals surface area contributed by atoms with Crippen LogP contribution in [-0.2, 0) is 6.42 Å². The van der Waals surface area contributed by atoms with Gasteiger partial charge in [0.2, 0.25) is 0 Å². The summed E-state index contributed by atoms with van der Waals surface area (Å²) in [6, 6.07) is 11.6. The Hall–Kier alpha value is -0.820. The number of nitrogens with one attached hydrogen (secondary N) is 1. The highest BCUT2D eigenvalue weighted by molar-refractivity contribution is 5.14. The molecule has 0 aromatic heterocycles. The Morgan fingerprint density at radius 1 is 1.20 bits per heavy atom. The zero-order chi connectivity index (χ0) is 10.5. The predicted molar refractivity (Wildman–Crippen MR) is 65.0 cm³/mol. The van der Waals surface area contributed by atoms with Crippen molar-refractivity contribution in [1.29, 1.82) is 0 Å². The Kier molecular flexibility index (Phi) is 3.79. The SMILES string of the molecule is CNC1CCC(CCc2ccccc2)C1. The van der Waals surface area contributed by atoms with E-state index in [1.54, 1.807) is 0 Å². The summed E-state index contributed by atoms with van der Waals surface area (Å²) in [4.78, 5) is 0. The molecule has 2 rings (SSSR count). The van der Waals surface area contributed by atoms with Crippen molar-refractivity contribution in [3.05, 3.63) is 35.9 Å². The molecule has 82 valence electrons. The molecule has 1 aromatic carbocycles. The van der Waals surface area contributed by atoms with Crippen molar-refractivity contribution in [2.45, 2.75) is 38.1 Å². The van der Waals surface area contributed by atoms with Crippen LogP contribution in [0.1, 0.15) is 31.2 Å². The Morgan fingerprint density at radius 3 is 2.67 bits per heavy atom. The second-order valence-corrected chi connectivity index (χ2v) is 4.69. The molecule has 1 N–H and O–H groups in total. The minimum absolute atomic E-state index is 0.783. The molecule has 2 unspecified atom stereocenters. The van der Waals surface area contributed by atoms with Gasteiger partial charge in [0.25, 0.3) is 0 Å². The highest BCUT2D eigenvalue weighted by Gasteiger charge is 2.22. The maximum Gasteiger partial charge on any atom is 0.00668 e. The van der Waals surface area contributed by atoms with E-state index >= 15 is 0 Å². The van der Waals surface area contributed by atoms with Gasteiger partial charge in [-0.3, -0.25) is 0 Å². The van der Waals surface area contributed by atoms with E-state index in [1.807, 2.05) is 0 Å². The molecule has 0 amide bonds. The highest BCUT2D eigenvalue weighted by Crippen LogP contribution is 2.29. The normalized spacial score (nSPS) is 25.7. The van der Waals surface area contributed by atoms with E-state index in [0.29, 0.717) is 0 Å². The summed E-state index contributed by atoms with van der Waals surface area (Å²) in [5.74, 6) is 0.947. The first-order chi connectivity index (χ1) is 7.38. The first-order valence-corrected chi connectivity index (χ1v) is 6.09. The van der Waals surface area contributed by atoms with Crippen LogP contribution in [0.4, 0.5) is 0 Å². The zero-order valence-electron chi connectivity index (χ0n) is 9.58. The highest BCUT2D eigenvalue weighted by atomic mass is 14.9. The Bertz CT molecular complexity index is 281. The van der Waals surface area contributed by atoms with Crippen LogP contribution >= 0.6 is 0 Å². The molecule has 1 fully saturated rings. The lowest BCUT2D eigenvalue weighted by Gasteiger charge is -2.10. The number of aryl methyl sites for hydroxylation is 1. The molecule has 1 saturated carbocycles. The van der Waals surface area contributed by atoms with Gasteiger partial charge in [0.15, 0.2) is 0 Å². The van der Waals surface area contributed by atoms with E-state index in [1.165, 1.54) is 37.7 Å². The van der Waals surface area contributed by atoms with E-state index in [2.05, 4.69) is 42.7 Å². The molecule has 0 heterocycles. The number of benzene rings is 1. The second kappa shape index (κ2) is 5.32. The van der Waals surface area contributed by atoms with Gasteiger partial charge in [-0.05, 0) is 50.6 Å². The molecule has 15 heavy (non-hydrogen) atoms. The fourth-order valence-electron chi connectivity index (χ4n) is 2.61. The molecular formula is C14H21N. The Balaban J connectivity index is 1.75. The third-order valence-electron chi connectivity index (χ3n) is 3.63. The van der Waals surface area contributed by atoms with Gasteiger partial charge in [-0.25, -0.2) is 0 Å². The van der Waals surface area contributed by atoms with Crippen LogP contribution in [-0.4, -0.2) is 13.1 Å². The summed E-state index contributed by atoms with van der Waals surface area (Å²) in [5.41, 5.74) is 1.49. The van der Waals surface area contributed by atoms with E-state index in [9.17, 15) is 0 Å². The summed E-state index contributed by atoms with van der Waals surface area (Å²) < 4.78 is 0. The first kappa shape index (κ1) is 10.7. The number of hydrogen-bond acceptors (Lipinski definition) is 1. The molecule has 0 radical (unpaired) electrons. The number of rotatable bonds is 4. The molecule has 1 aliphatic carbocycles. The zero-order valence-corrected chi connectivity index (χ0v) is 9.58. The number of hydrogen-bond donors (Lipinski definition) is 1. The van der Waals surface area contributed by atoms with Gasteiger partial charge < -0.3 is 5.32 Å². The van der Waals surface area contributed by atoms with Gasteiger partial charge in [0.1, 0.15) is 0 Å². The van der Waals surface area contributed by atoms with Crippen LogP contribution in [0.2, 0.25) is 0 Å². The van der Waals surface area contributed by atoms with Crippen molar-refractivity contribution in [2.24, 2.45) is 5.92 Å². The van der Waals surface area contributed by atoms with Crippen molar-refractivity contribution in [2.75, 3.05) is 7.05 Å². The fraction of sp³-hybridized carbons (Fsp3) is 0.571. The molecule has 1 aromatic rings. The first-order valence-electron chi connectivity index (χ1n) is 6.09. The quantitative estimate of drug-likeness (QED) is 0.793. The average molecular weight is 203 g/mol. The largest absolute Gasteiger partial charge is 0.317 e. The lowest BCUT2D eigenvalue weighted by Crippen LogP contribution is -2.21. The lowest BCUT2D eigenvalue weighted by molar-refractivity contribution is 0.480. The van der Waals surface area contributed by atoms with Crippen LogP contribution in [0, 0.1) is 5.92 Å². The molecule has 0 saturated heterocycles. The van der Waals surface area contributed by atoms with Gasteiger partial charge in [-0.15, -0.1) is 0 Å². The summed E-state index contributed by atoms with van der Waals surface area (Å²) in [6.45, 7) is 0. The molecule has 1 heteroatoms. The van der Waals surface area contributed by atoms with Crippen molar-refractivity contribution in [3.63, 3.8) is 0 Å². The van der Waals surface area contributed by atoms with Crippen LogP contribution < -0.4 is 5.32 Å². The van der Waals surface area contributed by atoms with E-state index in [4.69, 9.17) is 0 Å². The van der Waals surface area contributed by atoms with Crippen molar-refractivity contribution in [3.8, 4) is 0 Å². The molecule has 0 aliphatic heterocycles. The Labute approximate surface area is 92.9 Å². The fourth-order valence-corrected chi connectivity index (χ4v) is 2.61. The van der Waals surface area contributed by atoms with Gasteiger partial charge in [-0.1, -0.05) is 30.3 Å². The second-order valence-electron chi connectivity index (χ2n) is 4.69. The van der Waals surface area contributed by atoms with Gasteiger partial charge in [0.05, 0.1) is 0 Å². The molecule has 1 aliphatic rings. The standard InChI is InChI=1S/C14H21N/c1-15-14-10-9-13(11-14)8-7-12-5-3-2-4-6-12/h2-6,13-15H,7-11H2,1H3. The minimum atomic E-state index is 0.783.